The van der Waals surface area contributed by atoms with Gasteiger partial charge in [-0.05, 0) is 67.4 Å². The average molecular weight is 470 g/mol. The molecular formula is C27H39N3O4. The molecule has 4 aliphatic carbocycles. The van der Waals surface area contributed by atoms with Crippen molar-refractivity contribution < 1.29 is 19.1 Å². The Morgan fingerprint density at radius 3 is 2.24 bits per heavy atom. The van der Waals surface area contributed by atoms with Crippen molar-refractivity contribution in [1.82, 2.24) is 10.2 Å². The number of nitrogens with zero attached hydrogens (tertiary/aromatic N) is 2. The average Bonchev–Trinajstić information content (AvgIpc) is 2.75. The third-order valence-electron chi connectivity index (χ3n) is 8.70. The molecule has 1 N–H and O–H groups in total. The van der Waals surface area contributed by atoms with Crippen LogP contribution in [0.15, 0.2) is 18.2 Å². The van der Waals surface area contributed by atoms with Gasteiger partial charge in [-0.1, -0.05) is 13.8 Å². The summed E-state index contributed by atoms with van der Waals surface area (Å²) >= 11 is 0. The number of rotatable bonds is 6. The molecule has 2 amide bonds. The van der Waals surface area contributed by atoms with Crippen molar-refractivity contribution in [2.24, 2.45) is 16.7 Å². The highest BCUT2D eigenvalue weighted by atomic mass is 16.5. The van der Waals surface area contributed by atoms with Gasteiger partial charge in [0.05, 0.1) is 19.9 Å². The number of hydrogen-bond donors (Lipinski definition) is 1. The van der Waals surface area contributed by atoms with E-state index in [1.165, 1.54) is 19.3 Å². The van der Waals surface area contributed by atoms with Crippen LogP contribution in [0.25, 0.3) is 0 Å². The molecule has 186 valence electrons. The molecule has 6 rings (SSSR count). The first kappa shape index (κ1) is 23.3. The fourth-order valence-electron chi connectivity index (χ4n) is 8.42. The molecule has 5 aliphatic rings. The van der Waals surface area contributed by atoms with Crippen LogP contribution in [0.4, 0.5) is 5.69 Å². The monoisotopic (exact) mass is 469 g/mol. The first-order chi connectivity index (χ1) is 16.1. The van der Waals surface area contributed by atoms with Crippen LogP contribution in [0.2, 0.25) is 0 Å². The minimum atomic E-state index is -0.107. The van der Waals surface area contributed by atoms with E-state index in [0.717, 1.165) is 36.4 Å². The van der Waals surface area contributed by atoms with E-state index in [0.29, 0.717) is 42.9 Å². The fourth-order valence-corrected chi connectivity index (χ4v) is 8.42. The number of ether oxygens (including phenoxy) is 2. The van der Waals surface area contributed by atoms with E-state index >= 15 is 0 Å². The van der Waals surface area contributed by atoms with Gasteiger partial charge < -0.3 is 24.6 Å². The van der Waals surface area contributed by atoms with Gasteiger partial charge >= 0.3 is 0 Å². The zero-order valence-electron chi connectivity index (χ0n) is 21.1. The molecule has 4 saturated carbocycles. The Hall–Kier alpha value is -2.44. The number of carbonyl (C=O) groups is 2. The van der Waals surface area contributed by atoms with E-state index in [1.807, 2.05) is 23.1 Å². The first-order valence-electron chi connectivity index (χ1n) is 12.7. The van der Waals surface area contributed by atoms with Crippen LogP contribution in [0.1, 0.15) is 58.8 Å². The summed E-state index contributed by atoms with van der Waals surface area (Å²) in [6, 6.07) is 5.79. The van der Waals surface area contributed by atoms with Crippen LogP contribution in [-0.2, 0) is 9.59 Å². The molecule has 0 radical (unpaired) electrons. The molecule has 7 heteroatoms. The van der Waals surface area contributed by atoms with E-state index in [4.69, 9.17) is 9.47 Å². The summed E-state index contributed by atoms with van der Waals surface area (Å²) in [5.74, 6) is 2.06. The van der Waals surface area contributed by atoms with Crippen LogP contribution in [-0.4, -0.2) is 62.7 Å². The number of nitrogens with one attached hydrogen (secondary N) is 1. The first-order valence-corrected chi connectivity index (χ1v) is 12.7. The van der Waals surface area contributed by atoms with Gasteiger partial charge in [0.25, 0.3) is 0 Å². The molecule has 1 aromatic rings. The molecule has 1 saturated heterocycles. The lowest BCUT2D eigenvalue weighted by Gasteiger charge is -2.65. The second-order valence-corrected chi connectivity index (χ2v) is 12.0. The van der Waals surface area contributed by atoms with Crippen molar-refractivity contribution in [2.45, 2.75) is 64.3 Å². The van der Waals surface area contributed by atoms with Crippen molar-refractivity contribution in [2.75, 3.05) is 45.3 Å². The van der Waals surface area contributed by atoms with Gasteiger partial charge in [-0.2, -0.15) is 0 Å². The predicted octanol–water partition coefficient (Wildman–Crippen LogP) is 3.61. The maximum absolute atomic E-state index is 13.0. The molecule has 4 bridgehead atoms. The van der Waals surface area contributed by atoms with E-state index in [-0.39, 0.29) is 23.8 Å². The highest BCUT2D eigenvalue weighted by Crippen LogP contribution is 2.66. The molecule has 2 unspecified atom stereocenters. The van der Waals surface area contributed by atoms with Crippen LogP contribution >= 0.6 is 0 Å². The maximum atomic E-state index is 13.0. The SMILES string of the molecule is COc1ccc(N2CCN(C(=O)CC(=O)NC34CC5CC(C)(CC(C)(C5)C3)C4)CC2)c(OC)c1. The van der Waals surface area contributed by atoms with E-state index < -0.39 is 0 Å². The summed E-state index contributed by atoms with van der Waals surface area (Å²) in [7, 11) is 3.29. The molecule has 0 spiro atoms. The molecule has 2 atom stereocenters. The third-order valence-corrected chi connectivity index (χ3v) is 8.70. The zero-order chi connectivity index (χ0) is 24.1. The van der Waals surface area contributed by atoms with Gasteiger partial charge in [-0.3, -0.25) is 9.59 Å². The van der Waals surface area contributed by atoms with Gasteiger partial charge in [0.2, 0.25) is 11.8 Å². The van der Waals surface area contributed by atoms with Crippen LogP contribution in [0.3, 0.4) is 0 Å². The molecule has 34 heavy (non-hydrogen) atoms. The molecule has 0 aromatic heterocycles. The van der Waals surface area contributed by atoms with Crippen molar-refractivity contribution in [1.29, 1.82) is 0 Å². The van der Waals surface area contributed by atoms with Crippen molar-refractivity contribution in [3.63, 3.8) is 0 Å². The summed E-state index contributed by atoms with van der Waals surface area (Å²) in [5.41, 5.74) is 1.57. The number of anilines is 1. The van der Waals surface area contributed by atoms with Gasteiger partial charge in [-0.15, -0.1) is 0 Å². The van der Waals surface area contributed by atoms with Gasteiger partial charge in [0, 0.05) is 37.8 Å². The van der Waals surface area contributed by atoms with Gasteiger partial charge in [-0.25, -0.2) is 0 Å². The van der Waals surface area contributed by atoms with E-state index in [9.17, 15) is 9.59 Å². The Morgan fingerprint density at radius 1 is 0.971 bits per heavy atom. The molecule has 1 aromatic carbocycles. The van der Waals surface area contributed by atoms with Crippen molar-refractivity contribution >= 4 is 17.5 Å². The Morgan fingerprint density at radius 2 is 1.65 bits per heavy atom. The summed E-state index contributed by atoms with van der Waals surface area (Å²) in [4.78, 5) is 30.0. The Bertz CT molecular complexity index is 953. The maximum Gasteiger partial charge on any atom is 0.232 e. The largest absolute Gasteiger partial charge is 0.497 e. The smallest absolute Gasteiger partial charge is 0.232 e. The Labute approximate surface area is 203 Å². The minimum Gasteiger partial charge on any atom is -0.497 e. The lowest BCUT2D eigenvalue weighted by molar-refractivity contribution is -0.144. The fraction of sp³-hybridized carbons (Fsp3) is 0.704. The van der Waals surface area contributed by atoms with E-state index in [1.54, 1.807) is 14.2 Å². The van der Waals surface area contributed by atoms with Crippen LogP contribution in [0.5, 0.6) is 11.5 Å². The Balaban J connectivity index is 1.16. The van der Waals surface area contributed by atoms with Crippen LogP contribution in [0, 0.1) is 16.7 Å². The standard InChI is InChI=1S/C27H39N3O4/c1-25-13-19-14-26(2,16-25)18-27(15-19,17-25)28-23(31)12-24(32)30-9-7-29(8-10-30)21-6-5-20(33-3)11-22(21)34-4/h5-6,11,19H,7-10,12-18H2,1-4H3,(H,28,31). The molecular weight excluding hydrogens is 430 g/mol. The van der Waals surface area contributed by atoms with Crippen molar-refractivity contribution in [3.05, 3.63) is 18.2 Å². The topological polar surface area (TPSA) is 71.1 Å². The number of benzene rings is 1. The Kier molecular flexibility index (Phi) is 5.72. The highest BCUT2D eigenvalue weighted by molar-refractivity contribution is 5.97. The number of hydrogen-bond acceptors (Lipinski definition) is 5. The molecule has 5 fully saturated rings. The summed E-state index contributed by atoms with van der Waals surface area (Å²) < 4.78 is 10.8. The minimum absolute atomic E-state index is 0.0499. The summed E-state index contributed by atoms with van der Waals surface area (Å²) in [6.07, 6.45) is 7.02. The quantitative estimate of drug-likeness (QED) is 0.645. The lowest BCUT2D eigenvalue weighted by atomic mass is 9.43. The number of amides is 2. The third kappa shape index (κ3) is 4.34. The second kappa shape index (κ2) is 8.35. The zero-order valence-corrected chi connectivity index (χ0v) is 21.1. The molecule has 1 aliphatic heterocycles. The molecule has 1 heterocycles. The predicted molar refractivity (Wildman–Crippen MR) is 131 cm³/mol. The summed E-state index contributed by atoms with van der Waals surface area (Å²) in [6.45, 7) is 7.42. The van der Waals surface area contributed by atoms with Gasteiger partial charge in [0.15, 0.2) is 0 Å². The van der Waals surface area contributed by atoms with Crippen molar-refractivity contribution in [3.8, 4) is 11.5 Å². The number of carbonyl (C=O) groups excluding carboxylic acids is 2. The normalized spacial score (nSPS) is 34.2. The molecule has 7 nitrogen and oxygen atoms in total. The second-order valence-electron chi connectivity index (χ2n) is 12.0. The lowest BCUT2D eigenvalue weighted by Crippen LogP contribution is -2.65. The summed E-state index contributed by atoms with van der Waals surface area (Å²) in [5, 5.41) is 3.38. The highest BCUT2D eigenvalue weighted by Gasteiger charge is 2.60. The number of methoxy groups -OCH3 is 2. The number of piperazine rings is 1. The van der Waals surface area contributed by atoms with Crippen LogP contribution < -0.4 is 19.7 Å². The van der Waals surface area contributed by atoms with Gasteiger partial charge in [0.1, 0.15) is 17.9 Å². The van der Waals surface area contributed by atoms with E-state index in [2.05, 4.69) is 24.1 Å².